The minimum Gasteiger partial charge on any atom is -0.379 e. The molecule has 4 nitrogen and oxygen atoms in total. The summed E-state index contributed by atoms with van der Waals surface area (Å²) in [5.74, 6) is 2.59. The second-order valence-electron chi connectivity index (χ2n) is 4.90. The van der Waals surface area contributed by atoms with Gasteiger partial charge < -0.3 is 14.2 Å². The van der Waals surface area contributed by atoms with Crippen molar-refractivity contribution in [2.24, 2.45) is 5.41 Å². The molecule has 0 aromatic carbocycles. The van der Waals surface area contributed by atoms with E-state index in [1.165, 1.54) is 0 Å². The number of hydrogen-bond donors (Lipinski definition) is 0. The summed E-state index contributed by atoms with van der Waals surface area (Å²) >= 11 is 0. The lowest BCUT2D eigenvalue weighted by Gasteiger charge is -2.16. The molecule has 0 radical (unpaired) electrons. The third-order valence-corrected chi connectivity index (χ3v) is 2.24. The van der Waals surface area contributed by atoms with Crippen molar-refractivity contribution >= 4 is 5.78 Å². The van der Waals surface area contributed by atoms with E-state index in [-0.39, 0.29) is 11.2 Å². The van der Waals surface area contributed by atoms with E-state index in [1.807, 2.05) is 20.8 Å². The van der Waals surface area contributed by atoms with Gasteiger partial charge in [0, 0.05) is 11.8 Å². The standard InChI is InChI=1S/C14H24O4/c1-5-7-16-9-11-18-12-10-17-8-6-13(15)14(2,3)4/h1H,6-12H2,2-4H3. The fourth-order valence-electron chi connectivity index (χ4n) is 1.11. The van der Waals surface area contributed by atoms with Crippen molar-refractivity contribution in [1.82, 2.24) is 0 Å². The lowest BCUT2D eigenvalue weighted by Crippen LogP contribution is -2.21. The van der Waals surface area contributed by atoms with E-state index < -0.39 is 0 Å². The summed E-state index contributed by atoms with van der Waals surface area (Å²) in [5.41, 5.74) is -0.284. The molecule has 18 heavy (non-hydrogen) atoms. The zero-order valence-corrected chi connectivity index (χ0v) is 11.7. The molecule has 0 aromatic rings. The molecule has 0 aliphatic heterocycles. The Hall–Kier alpha value is -0.890. The van der Waals surface area contributed by atoms with Crippen LogP contribution in [0.5, 0.6) is 0 Å². The van der Waals surface area contributed by atoms with Crippen LogP contribution < -0.4 is 0 Å². The number of terminal acetylenes is 1. The number of hydrogen-bond acceptors (Lipinski definition) is 4. The maximum atomic E-state index is 11.6. The van der Waals surface area contributed by atoms with Crippen LogP contribution in [-0.4, -0.2) is 45.4 Å². The fraction of sp³-hybridized carbons (Fsp3) is 0.786. The Labute approximate surface area is 110 Å². The predicted octanol–water partition coefficient (Wildman–Crippen LogP) is 1.67. The highest BCUT2D eigenvalue weighted by molar-refractivity contribution is 5.83. The third-order valence-electron chi connectivity index (χ3n) is 2.24. The van der Waals surface area contributed by atoms with Gasteiger partial charge in [-0.1, -0.05) is 26.7 Å². The number of rotatable bonds is 10. The first kappa shape index (κ1) is 17.1. The molecule has 4 heteroatoms. The molecule has 0 saturated heterocycles. The van der Waals surface area contributed by atoms with Crippen LogP contribution in [0.2, 0.25) is 0 Å². The molecule has 0 amide bonds. The van der Waals surface area contributed by atoms with Gasteiger partial charge in [0.25, 0.3) is 0 Å². The van der Waals surface area contributed by atoms with Crippen molar-refractivity contribution in [2.45, 2.75) is 27.2 Å². The number of ketones is 1. The minimum atomic E-state index is -0.284. The highest BCUT2D eigenvalue weighted by atomic mass is 16.5. The fourth-order valence-corrected chi connectivity index (χ4v) is 1.11. The molecule has 0 atom stereocenters. The van der Waals surface area contributed by atoms with Gasteiger partial charge in [-0.25, -0.2) is 0 Å². The zero-order valence-electron chi connectivity index (χ0n) is 11.7. The monoisotopic (exact) mass is 256 g/mol. The van der Waals surface area contributed by atoms with Crippen molar-refractivity contribution in [1.29, 1.82) is 0 Å². The minimum absolute atomic E-state index is 0.214. The van der Waals surface area contributed by atoms with Crippen molar-refractivity contribution in [3.63, 3.8) is 0 Å². The van der Waals surface area contributed by atoms with E-state index in [9.17, 15) is 4.79 Å². The molecule has 0 fully saturated rings. The topological polar surface area (TPSA) is 44.8 Å². The highest BCUT2D eigenvalue weighted by Gasteiger charge is 2.20. The SMILES string of the molecule is C#CCOCCOCCOCCC(=O)C(C)(C)C. The quantitative estimate of drug-likeness (QED) is 0.440. The Morgan fingerprint density at radius 1 is 1.00 bits per heavy atom. The number of Topliss-reactive ketones (excluding diaryl/α,β-unsaturated/α-hetero) is 1. The van der Waals surface area contributed by atoms with E-state index in [0.29, 0.717) is 46.1 Å². The Morgan fingerprint density at radius 3 is 2.00 bits per heavy atom. The molecule has 104 valence electrons. The summed E-state index contributed by atoms with van der Waals surface area (Å²) < 4.78 is 15.6. The molecule has 0 N–H and O–H groups in total. The van der Waals surface area contributed by atoms with Gasteiger partial charge in [0.15, 0.2) is 0 Å². The van der Waals surface area contributed by atoms with E-state index in [0.717, 1.165) is 0 Å². The first-order valence-electron chi connectivity index (χ1n) is 6.18. The summed E-state index contributed by atoms with van der Waals surface area (Å²) in [6, 6.07) is 0. The number of ether oxygens (including phenoxy) is 3. The van der Waals surface area contributed by atoms with Crippen LogP contribution in [-0.2, 0) is 19.0 Å². The summed E-state index contributed by atoms with van der Waals surface area (Å²) in [7, 11) is 0. The molecule has 0 aliphatic carbocycles. The summed E-state index contributed by atoms with van der Waals surface area (Å²) in [5, 5.41) is 0. The molecule has 0 unspecified atom stereocenters. The molecule has 0 heterocycles. The first-order chi connectivity index (χ1) is 8.48. The van der Waals surface area contributed by atoms with Crippen molar-refractivity contribution < 1.29 is 19.0 Å². The average molecular weight is 256 g/mol. The Bertz CT molecular complexity index is 260. The van der Waals surface area contributed by atoms with E-state index in [2.05, 4.69) is 5.92 Å². The van der Waals surface area contributed by atoms with Crippen LogP contribution in [0, 0.1) is 17.8 Å². The van der Waals surface area contributed by atoms with Gasteiger partial charge in [-0.05, 0) is 0 Å². The van der Waals surface area contributed by atoms with Gasteiger partial charge >= 0.3 is 0 Å². The van der Waals surface area contributed by atoms with Gasteiger partial charge in [0.1, 0.15) is 12.4 Å². The number of carbonyl (C=O) groups excluding carboxylic acids is 1. The lowest BCUT2D eigenvalue weighted by molar-refractivity contribution is -0.127. The first-order valence-corrected chi connectivity index (χ1v) is 6.18. The van der Waals surface area contributed by atoms with E-state index in [1.54, 1.807) is 0 Å². The van der Waals surface area contributed by atoms with E-state index >= 15 is 0 Å². The van der Waals surface area contributed by atoms with Gasteiger partial charge in [-0.15, -0.1) is 6.42 Å². The lowest BCUT2D eigenvalue weighted by atomic mass is 9.89. The molecule has 0 spiro atoms. The molecule has 0 saturated carbocycles. The largest absolute Gasteiger partial charge is 0.379 e. The summed E-state index contributed by atoms with van der Waals surface area (Å²) in [6.07, 6.45) is 5.47. The molecule has 0 aliphatic rings. The molecule has 0 bridgehead atoms. The Balaban J connectivity index is 3.22. The van der Waals surface area contributed by atoms with Crippen LogP contribution in [0.1, 0.15) is 27.2 Å². The second-order valence-corrected chi connectivity index (χ2v) is 4.90. The summed E-state index contributed by atoms with van der Waals surface area (Å²) in [6.45, 7) is 8.49. The molecular weight excluding hydrogens is 232 g/mol. The van der Waals surface area contributed by atoms with Crippen molar-refractivity contribution in [3.8, 4) is 12.3 Å². The van der Waals surface area contributed by atoms with Gasteiger partial charge in [0.2, 0.25) is 0 Å². The van der Waals surface area contributed by atoms with Crippen molar-refractivity contribution in [3.05, 3.63) is 0 Å². The maximum absolute atomic E-state index is 11.6. The number of carbonyl (C=O) groups is 1. The van der Waals surface area contributed by atoms with Crippen LogP contribution >= 0.6 is 0 Å². The van der Waals surface area contributed by atoms with Gasteiger partial charge in [-0.3, -0.25) is 4.79 Å². The third kappa shape index (κ3) is 10.3. The Kier molecular flexibility index (Phi) is 9.57. The Morgan fingerprint density at radius 2 is 1.50 bits per heavy atom. The second kappa shape index (κ2) is 10.1. The zero-order chi connectivity index (χ0) is 13.9. The summed E-state index contributed by atoms with van der Waals surface area (Å²) in [4.78, 5) is 11.6. The molecule has 0 rings (SSSR count). The van der Waals surface area contributed by atoms with E-state index in [4.69, 9.17) is 20.6 Å². The highest BCUT2D eigenvalue weighted by Crippen LogP contribution is 2.16. The average Bonchev–Trinajstić information content (AvgIpc) is 2.30. The smallest absolute Gasteiger partial charge is 0.140 e. The van der Waals surface area contributed by atoms with Gasteiger partial charge in [-0.2, -0.15) is 0 Å². The van der Waals surface area contributed by atoms with Crippen LogP contribution in [0.3, 0.4) is 0 Å². The maximum Gasteiger partial charge on any atom is 0.140 e. The predicted molar refractivity (Wildman–Crippen MR) is 70.4 cm³/mol. The van der Waals surface area contributed by atoms with Gasteiger partial charge in [0.05, 0.1) is 33.0 Å². The molecular formula is C14H24O4. The van der Waals surface area contributed by atoms with Crippen molar-refractivity contribution in [2.75, 3.05) is 39.6 Å². The van der Waals surface area contributed by atoms with Crippen LogP contribution in [0.25, 0.3) is 0 Å². The molecule has 0 aromatic heterocycles. The van der Waals surface area contributed by atoms with Crippen LogP contribution in [0.15, 0.2) is 0 Å². The normalized spacial score (nSPS) is 11.2. The van der Waals surface area contributed by atoms with Crippen LogP contribution in [0.4, 0.5) is 0 Å².